The third kappa shape index (κ3) is 4.96. The molecule has 2 N–H and O–H groups in total. The van der Waals surface area contributed by atoms with Gasteiger partial charge in [-0.2, -0.15) is 0 Å². The standard InChI is InChI=1S/C15H22N2O8S/c1-15(2,3)25-14(19)17-6-9(7-17)23-8-11-10(13(18)22-4)5-12(24-11)26(16,20)21/h5,9H,6-8H2,1-4H3,(H2,16,20,21). The fourth-order valence-electron chi connectivity index (χ4n) is 2.15. The number of hydrogen-bond donors (Lipinski definition) is 1. The first-order valence-corrected chi connectivity index (χ1v) is 9.28. The van der Waals surface area contributed by atoms with Gasteiger partial charge in [-0.05, 0) is 20.8 Å². The quantitative estimate of drug-likeness (QED) is 0.730. The summed E-state index contributed by atoms with van der Waals surface area (Å²) in [6, 6.07) is 0.994. The van der Waals surface area contributed by atoms with E-state index in [1.54, 1.807) is 20.8 Å². The van der Waals surface area contributed by atoms with E-state index in [9.17, 15) is 18.0 Å². The molecule has 26 heavy (non-hydrogen) atoms. The maximum absolute atomic E-state index is 11.8. The van der Waals surface area contributed by atoms with Crippen molar-refractivity contribution >= 4 is 22.1 Å². The fourth-order valence-corrected chi connectivity index (χ4v) is 2.65. The van der Waals surface area contributed by atoms with Gasteiger partial charge < -0.3 is 23.5 Å². The number of furan rings is 1. The number of primary sulfonamides is 1. The average molecular weight is 390 g/mol. The molecule has 0 spiro atoms. The Morgan fingerprint density at radius 2 is 1.96 bits per heavy atom. The number of carbonyl (C=O) groups excluding carboxylic acids is 2. The minimum absolute atomic E-state index is 0.0170. The van der Waals surface area contributed by atoms with Crippen LogP contribution >= 0.6 is 0 Å². The van der Waals surface area contributed by atoms with Crippen molar-refractivity contribution in [1.82, 2.24) is 4.90 Å². The Hall–Kier alpha value is -2.11. The van der Waals surface area contributed by atoms with Crippen LogP contribution in [0.2, 0.25) is 0 Å². The maximum atomic E-state index is 11.8. The molecule has 1 fully saturated rings. The Morgan fingerprint density at radius 3 is 2.46 bits per heavy atom. The molecule has 0 saturated carbocycles. The third-order valence-electron chi connectivity index (χ3n) is 3.42. The number of carbonyl (C=O) groups is 2. The van der Waals surface area contributed by atoms with Crippen molar-refractivity contribution in [3.05, 3.63) is 17.4 Å². The van der Waals surface area contributed by atoms with E-state index in [0.29, 0.717) is 13.1 Å². The van der Waals surface area contributed by atoms with Crippen LogP contribution in [0.3, 0.4) is 0 Å². The number of esters is 1. The summed E-state index contributed by atoms with van der Waals surface area (Å²) in [5.74, 6) is -0.789. The van der Waals surface area contributed by atoms with Crippen molar-refractivity contribution in [2.45, 2.75) is 44.2 Å². The van der Waals surface area contributed by atoms with E-state index in [1.807, 2.05) is 0 Å². The minimum atomic E-state index is -4.11. The highest BCUT2D eigenvalue weighted by Gasteiger charge is 2.35. The summed E-state index contributed by atoms with van der Waals surface area (Å²) >= 11 is 0. The zero-order chi connectivity index (χ0) is 19.7. The summed E-state index contributed by atoms with van der Waals surface area (Å²) in [7, 11) is -2.96. The fraction of sp³-hybridized carbons (Fsp3) is 0.600. The van der Waals surface area contributed by atoms with Gasteiger partial charge in [0.2, 0.25) is 5.09 Å². The second-order valence-corrected chi connectivity index (χ2v) is 8.25. The molecule has 1 aromatic heterocycles. The van der Waals surface area contributed by atoms with Crippen molar-refractivity contribution in [2.75, 3.05) is 20.2 Å². The van der Waals surface area contributed by atoms with Crippen LogP contribution in [0, 0.1) is 0 Å². The number of likely N-dealkylation sites (tertiary alicyclic amines) is 1. The number of nitrogens with zero attached hydrogens (tertiary/aromatic N) is 1. The molecule has 0 aromatic carbocycles. The van der Waals surface area contributed by atoms with E-state index in [1.165, 1.54) is 4.90 Å². The number of methoxy groups -OCH3 is 1. The van der Waals surface area contributed by atoms with Crippen LogP contribution in [0.5, 0.6) is 0 Å². The lowest BCUT2D eigenvalue weighted by atomic mass is 10.1. The Balaban J connectivity index is 1.96. The molecule has 2 heterocycles. The predicted octanol–water partition coefficient (Wildman–Crippen LogP) is 0.849. The molecule has 1 aliphatic heterocycles. The molecule has 1 saturated heterocycles. The van der Waals surface area contributed by atoms with E-state index in [4.69, 9.17) is 19.0 Å². The SMILES string of the molecule is COC(=O)c1cc(S(N)(=O)=O)oc1COC1CN(C(=O)OC(C)(C)C)C1. The molecule has 1 amide bonds. The molecule has 2 rings (SSSR count). The molecule has 0 radical (unpaired) electrons. The second kappa shape index (κ2) is 7.25. The van der Waals surface area contributed by atoms with Gasteiger partial charge in [0.1, 0.15) is 23.5 Å². The molecule has 0 bridgehead atoms. The van der Waals surface area contributed by atoms with Crippen molar-refractivity contribution in [3.63, 3.8) is 0 Å². The first-order valence-electron chi connectivity index (χ1n) is 7.74. The second-order valence-electron chi connectivity index (χ2n) is 6.76. The minimum Gasteiger partial charge on any atom is -0.465 e. The van der Waals surface area contributed by atoms with Gasteiger partial charge in [-0.1, -0.05) is 0 Å². The Kier molecular flexibility index (Phi) is 5.64. The van der Waals surface area contributed by atoms with Crippen LogP contribution in [0.1, 0.15) is 36.9 Å². The maximum Gasteiger partial charge on any atom is 0.410 e. The Morgan fingerprint density at radius 1 is 1.35 bits per heavy atom. The monoisotopic (exact) mass is 390 g/mol. The van der Waals surface area contributed by atoms with Crippen LogP contribution < -0.4 is 5.14 Å². The summed E-state index contributed by atoms with van der Waals surface area (Å²) in [6.45, 7) is 5.76. The van der Waals surface area contributed by atoms with E-state index in [-0.39, 0.29) is 24.0 Å². The third-order valence-corrected chi connectivity index (χ3v) is 4.18. The normalized spacial score (nSPS) is 15.5. The molecular formula is C15H22N2O8S. The Labute approximate surface area is 151 Å². The lowest BCUT2D eigenvalue weighted by Crippen LogP contribution is -2.55. The predicted molar refractivity (Wildman–Crippen MR) is 87.8 cm³/mol. The van der Waals surface area contributed by atoms with Gasteiger partial charge in [0.05, 0.1) is 26.3 Å². The zero-order valence-corrected chi connectivity index (χ0v) is 15.8. The van der Waals surface area contributed by atoms with Gasteiger partial charge in [-0.3, -0.25) is 0 Å². The van der Waals surface area contributed by atoms with Gasteiger partial charge in [0, 0.05) is 6.07 Å². The highest BCUT2D eigenvalue weighted by atomic mass is 32.2. The van der Waals surface area contributed by atoms with Crippen LogP contribution in [0.4, 0.5) is 4.79 Å². The molecule has 11 heteroatoms. The number of nitrogens with two attached hydrogens (primary N) is 1. The molecule has 0 atom stereocenters. The van der Waals surface area contributed by atoms with E-state index in [0.717, 1.165) is 13.2 Å². The Bertz CT molecular complexity index is 787. The van der Waals surface area contributed by atoms with Crippen LogP contribution in [-0.2, 0) is 30.8 Å². The smallest absolute Gasteiger partial charge is 0.410 e. The van der Waals surface area contributed by atoms with Gasteiger partial charge >= 0.3 is 12.1 Å². The number of ether oxygens (including phenoxy) is 3. The zero-order valence-electron chi connectivity index (χ0n) is 15.0. The first-order chi connectivity index (χ1) is 11.9. The highest BCUT2D eigenvalue weighted by Crippen LogP contribution is 2.23. The molecular weight excluding hydrogens is 368 g/mol. The largest absolute Gasteiger partial charge is 0.465 e. The van der Waals surface area contributed by atoms with Crippen LogP contribution in [0.15, 0.2) is 15.6 Å². The summed E-state index contributed by atoms with van der Waals surface area (Å²) in [5.41, 5.74) is -0.670. The molecule has 146 valence electrons. The molecule has 0 unspecified atom stereocenters. The van der Waals surface area contributed by atoms with Crippen molar-refractivity contribution in [1.29, 1.82) is 0 Å². The van der Waals surface area contributed by atoms with E-state index in [2.05, 4.69) is 4.74 Å². The summed E-state index contributed by atoms with van der Waals surface area (Å²) in [6.07, 6.45) is -0.738. The molecule has 1 aromatic rings. The molecule has 0 aliphatic carbocycles. The lowest BCUT2D eigenvalue weighted by Gasteiger charge is -2.39. The van der Waals surface area contributed by atoms with Gasteiger partial charge in [0.25, 0.3) is 10.0 Å². The number of sulfonamides is 1. The van der Waals surface area contributed by atoms with Gasteiger partial charge in [-0.25, -0.2) is 23.1 Å². The van der Waals surface area contributed by atoms with Crippen molar-refractivity contribution in [3.8, 4) is 0 Å². The molecule has 1 aliphatic rings. The molecule has 10 nitrogen and oxygen atoms in total. The van der Waals surface area contributed by atoms with Crippen molar-refractivity contribution < 1.29 is 36.6 Å². The highest BCUT2D eigenvalue weighted by molar-refractivity contribution is 7.89. The van der Waals surface area contributed by atoms with Crippen LogP contribution in [0.25, 0.3) is 0 Å². The lowest BCUT2D eigenvalue weighted by molar-refractivity contribution is -0.0729. The van der Waals surface area contributed by atoms with Crippen LogP contribution in [-0.4, -0.2) is 57.3 Å². The average Bonchev–Trinajstić information content (AvgIpc) is 2.87. The van der Waals surface area contributed by atoms with Crippen molar-refractivity contribution in [2.24, 2.45) is 5.14 Å². The number of hydrogen-bond acceptors (Lipinski definition) is 8. The topological polar surface area (TPSA) is 138 Å². The van der Waals surface area contributed by atoms with E-state index >= 15 is 0 Å². The van der Waals surface area contributed by atoms with E-state index < -0.39 is 32.8 Å². The summed E-state index contributed by atoms with van der Waals surface area (Å²) < 4.78 is 43.2. The van der Waals surface area contributed by atoms with Gasteiger partial charge in [0.15, 0.2) is 0 Å². The number of rotatable bonds is 5. The summed E-state index contributed by atoms with van der Waals surface area (Å²) in [4.78, 5) is 25.0. The van der Waals surface area contributed by atoms with Gasteiger partial charge in [-0.15, -0.1) is 0 Å². The number of amides is 1. The summed E-state index contributed by atoms with van der Waals surface area (Å²) in [5, 5.41) is 4.45. The first kappa shape index (κ1) is 20.2.